The van der Waals surface area contributed by atoms with E-state index in [1.165, 1.54) is 26.2 Å². The second-order valence-corrected chi connectivity index (χ2v) is 6.58. The Balaban J connectivity index is 1.96. The van der Waals surface area contributed by atoms with Gasteiger partial charge in [-0.1, -0.05) is 23.8 Å². The Morgan fingerprint density at radius 3 is 2.60 bits per heavy atom. The molecule has 0 saturated carbocycles. The molecule has 0 aliphatic rings. The summed E-state index contributed by atoms with van der Waals surface area (Å²) in [6.45, 7) is 5.28. The number of amides is 1. The summed E-state index contributed by atoms with van der Waals surface area (Å²) in [5.74, 6) is -0.205. The molecule has 0 fully saturated rings. The van der Waals surface area contributed by atoms with Gasteiger partial charge in [-0.05, 0) is 56.2 Å². The van der Waals surface area contributed by atoms with Gasteiger partial charge in [0.2, 0.25) is 0 Å². The van der Waals surface area contributed by atoms with E-state index in [0.29, 0.717) is 22.7 Å². The van der Waals surface area contributed by atoms with Gasteiger partial charge in [-0.25, -0.2) is 4.79 Å². The summed E-state index contributed by atoms with van der Waals surface area (Å²) in [7, 11) is 1.48. The number of anilines is 1. The minimum atomic E-state index is -0.959. The van der Waals surface area contributed by atoms with Gasteiger partial charge in [0.25, 0.3) is 5.91 Å². The van der Waals surface area contributed by atoms with E-state index in [9.17, 15) is 9.59 Å². The van der Waals surface area contributed by atoms with Gasteiger partial charge < -0.3 is 19.5 Å². The van der Waals surface area contributed by atoms with Crippen LogP contribution in [0, 0.1) is 25.2 Å². The number of hydrogen-bond donors (Lipinski definition) is 1. The zero-order valence-corrected chi connectivity index (χ0v) is 17.4. The van der Waals surface area contributed by atoms with Crippen LogP contribution in [-0.2, 0) is 14.3 Å². The number of nitrogens with one attached hydrogen (secondary N) is 1. The molecular formula is C23H24N2O5. The normalized spacial score (nSPS) is 11.4. The monoisotopic (exact) mass is 408 g/mol. The third-order valence-electron chi connectivity index (χ3n) is 4.19. The second-order valence-electron chi connectivity index (χ2n) is 6.58. The van der Waals surface area contributed by atoms with Gasteiger partial charge in [0.15, 0.2) is 24.2 Å². The zero-order valence-electron chi connectivity index (χ0n) is 17.4. The maximum Gasteiger partial charge on any atom is 0.331 e. The molecule has 2 aromatic rings. The van der Waals surface area contributed by atoms with Crippen LogP contribution in [0.15, 0.2) is 42.5 Å². The number of ether oxygens (including phenoxy) is 3. The van der Waals surface area contributed by atoms with Crippen molar-refractivity contribution in [2.45, 2.75) is 26.9 Å². The molecule has 156 valence electrons. The molecular weight excluding hydrogens is 384 g/mol. The van der Waals surface area contributed by atoms with Crippen LogP contribution in [-0.4, -0.2) is 31.7 Å². The highest BCUT2D eigenvalue weighted by atomic mass is 16.5. The molecule has 7 heteroatoms. The van der Waals surface area contributed by atoms with Crippen molar-refractivity contribution in [1.82, 2.24) is 0 Å². The fourth-order valence-corrected chi connectivity index (χ4v) is 2.64. The Hall–Kier alpha value is -3.79. The number of hydrogen-bond acceptors (Lipinski definition) is 6. The average Bonchev–Trinajstić information content (AvgIpc) is 2.72. The molecule has 0 aromatic heterocycles. The largest absolute Gasteiger partial charge is 0.493 e. The zero-order chi connectivity index (χ0) is 22.1. The highest BCUT2D eigenvalue weighted by Gasteiger charge is 2.17. The molecule has 30 heavy (non-hydrogen) atoms. The predicted molar refractivity (Wildman–Crippen MR) is 113 cm³/mol. The Kier molecular flexibility index (Phi) is 8.00. The third kappa shape index (κ3) is 6.38. The van der Waals surface area contributed by atoms with E-state index in [2.05, 4.69) is 5.32 Å². The smallest absolute Gasteiger partial charge is 0.331 e. The lowest BCUT2D eigenvalue weighted by molar-refractivity contribution is -0.148. The van der Waals surface area contributed by atoms with Gasteiger partial charge in [0, 0.05) is 11.8 Å². The van der Waals surface area contributed by atoms with Crippen molar-refractivity contribution in [3.63, 3.8) is 0 Å². The van der Waals surface area contributed by atoms with Crippen LogP contribution in [0.1, 0.15) is 23.6 Å². The predicted octanol–water partition coefficient (Wildman–Crippen LogP) is 3.80. The highest BCUT2D eigenvalue weighted by Crippen LogP contribution is 2.28. The first-order chi connectivity index (χ1) is 14.3. The van der Waals surface area contributed by atoms with Gasteiger partial charge in [-0.3, -0.25) is 4.79 Å². The molecule has 0 aliphatic heterocycles. The van der Waals surface area contributed by atoms with Gasteiger partial charge in [-0.2, -0.15) is 5.26 Å². The number of carbonyl (C=O) groups excluding carboxylic acids is 2. The number of nitrogens with zero attached hydrogens (tertiary/aromatic N) is 1. The summed E-state index contributed by atoms with van der Waals surface area (Å²) in [4.78, 5) is 24.4. The molecule has 7 nitrogen and oxygen atoms in total. The second kappa shape index (κ2) is 10.7. The number of esters is 1. The van der Waals surface area contributed by atoms with Crippen LogP contribution in [0.25, 0.3) is 6.08 Å². The summed E-state index contributed by atoms with van der Waals surface area (Å²) < 4.78 is 15.6. The topological polar surface area (TPSA) is 97.7 Å². The molecule has 1 N–H and O–H groups in total. The Morgan fingerprint density at radius 1 is 1.17 bits per heavy atom. The van der Waals surface area contributed by atoms with Crippen LogP contribution < -0.4 is 14.8 Å². The van der Waals surface area contributed by atoms with E-state index in [-0.39, 0.29) is 6.61 Å². The number of aryl methyl sites for hydroxylation is 2. The van der Waals surface area contributed by atoms with E-state index in [1.807, 2.05) is 38.1 Å². The molecule has 1 unspecified atom stereocenters. The van der Waals surface area contributed by atoms with Crippen molar-refractivity contribution in [3.05, 3.63) is 59.2 Å². The molecule has 2 rings (SSSR count). The summed E-state index contributed by atoms with van der Waals surface area (Å²) in [6.07, 6.45) is 1.80. The third-order valence-corrected chi connectivity index (χ3v) is 4.19. The number of nitriles is 1. The molecule has 0 spiro atoms. The van der Waals surface area contributed by atoms with Crippen LogP contribution in [0.3, 0.4) is 0 Å². The minimum Gasteiger partial charge on any atom is -0.493 e. The van der Waals surface area contributed by atoms with Gasteiger partial charge in [0.05, 0.1) is 7.11 Å². The van der Waals surface area contributed by atoms with Crippen molar-refractivity contribution in [2.75, 3.05) is 19.0 Å². The van der Waals surface area contributed by atoms with Crippen LogP contribution in [0.4, 0.5) is 5.69 Å². The molecule has 0 bridgehead atoms. The first kappa shape index (κ1) is 22.5. The summed E-state index contributed by atoms with van der Waals surface area (Å²) in [5, 5.41) is 11.4. The fraction of sp³-hybridized carbons (Fsp3) is 0.261. The maximum absolute atomic E-state index is 12.3. The molecule has 0 aliphatic carbocycles. The van der Waals surface area contributed by atoms with Crippen molar-refractivity contribution in [1.29, 1.82) is 5.26 Å². The summed E-state index contributed by atoms with van der Waals surface area (Å²) >= 11 is 0. The van der Waals surface area contributed by atoms with E-state index in [0.717, 1.165) is 11.1 Å². The highest BCUT2D eigenvalue weighted by molar-refractivity contribution is 5.97. The number of benzene rings is 2. The Labute approximate surface area is 175 Å². The molecule has 2 aromatic carbocycles. The van der Waals surface area contributed by atoms with E-state index in [1.54, 1.807) is 18.2 Å². The lowest BCUT2D eigenvalue weighted by Crippen LogP contribution is -2.29. The van der Waals surface area contributed by atoms with E-state index in [4.69, 9.17) is 19.5 Å². The fourth-order valence-electron chi connectivity index (χ4n) is 2.64. The molecule has 0 radical (unpaired) electrons. The van der Waals surface area contributed by atoms with Crippen molar-refractivity contribution >= 4 is 23.6 Å². The quantitative estimate of drug-likeness (QED) is 0.527. The average molecular weight is 408 g/mol. The van der Waals surface area contributed by atoms with Crippen molar-refractivity contribution in [2.24, 2.45) is 0 Å². The lowest BCUT2D eigenvalue weighted by Gasteiger charge is -2.14. The maximum atomic E-state index is 12.3. The number of carbonyl (C=O) groups is 2. The van der Waals surface area contributed by atoms with E-state index < -0.39 is 18.0 Å². The van der Waals surface area contributed by atoms with E-state index >= 15 is 0 Å². The van der Waals surface area contributed by atoms with Gasteiger partial charge >= 0.3 is 5.97 Å². The van der Waals surface area contributed by atoms with Crippen molar-refractivity contribution in [3.8, 4) is 17.6 Å². The SMILES string of the molecule is COc1cc(/C=C/C(=O)OC(C)C(=O)Nc2ccc(C)cc2C)ccc1OCC#N. The van der Waals surface area contributed by atoms with Crippen LogP contribution in [0.2, 0.25) is 0 Å². The molecule has 0 saturated heterocycles. The molecule has 1 amide bonds. The van der Waals surface area contributed by atoms with Crippen molar-refractivity contribution < 1.29 is 23.8 Å². The minimum absolute atomic E-state index is 0.0973. The number of methoxy groups -OCH3 is 1. The summed E-state index contributed by atoms with van der Waals surface area (Å²) in [5.41, 5.74) is 3.37. The van der Waals surface area contributed by atoms with Crippen LogP contribution in [0.5, 0.6) is 11.5 Å². The molecule has 0 heterocycles. The number of rotatable bonds is 8. The Morgan fingerprint density at radius 2 is 1.93 bits per heavy atom. The first-order valence-corrected chi connectivity index (χ1v) is 9.28. The molecule has 1 atom stereocenters. The first-order valence-electron chi connectivity index (χ1n) is 9.28. The Bertz CT molecular complexity index is 992. The van der Waals surface area contributed by atoms with Gasteiger partial charge in [-0.15, -0.1) is 0 Å². The van der Waals surface area contributed by atoms with Gasteiger partial charge in [0.1, 0.15) is 6.07 Å². The van der Waals surface area contributed by atoms with Crippen LogP contribution >= 0.6 is 0 Å². The standard InChI is InChI=1S/C23H24N2O5/c1-15-5-8-19(16(2)13-15)25-23(27)17(3)30-22(26)10-7-18-6-9-20(29-12-11-24)21(14-18)28-4/h5-10,13-14,17H,12H2,1-4H3,(H,25,27)/b10-7+. The summed E-state index contributed by atoms with van der Waals surface area (Å²) in [6, 6.07) is 12.6. The lowest BCUT2D eigenvalue weighted by atomic mass is 10.1.